The van der Waals surface area contributed by atoms with Crippen molar-refractivity contribution in [1.29, 1.82) is 0 Å². The monoisotopic (exact) mass is 240 g/mol. The van der Waals surface area contributed by atoms with Gasteiger partial charge in [-0.25, -0.2) is 0 Å². The van der Waals surface area contributed by atoms with Gasteiger partial charge in [-0.2, -0.15) is 0 Å². The van der Waals surface area contributed by atoms with Crippen LogP contribution >= 0.6 is 0 Å². The maximum Gasteiger partial charge on any atom is 0.0630 e. The highest BCUT2D eigenvalue weighted by atomic mass is 16.5. The topological polar surface area (TPSA) is 15.7 Å². The molecule has 1 atom stereocenters. The zero-order valence-corrected chi connectivity index (χ0v) is 11.9. The predicted molar refractivity (Wildman–Crippen MR) is 71.2 cm³/mol. The minimum absolute atomic E-state index is 0.608. The third kappa shape index (κ3) is 3.01. The highest BCUT2D eigenvalue weighted by molar-refractivity contribution is 4.94. The lowest BCUT2D eigenvalue weighted by atomic mass is 9.72. The SMILES string of the molecule is COCC1CN(C)CCN1C1CC(C(C)C)C1. The van der Waals surface area contributed by atoms with E-state index in [0.717, 1.165) is 31.0 Å². The summed E-state index contributed by atoms with van der Waals surface area (Å²) < 4.78 is 5.38. The highest BCUT2D eigenvalue weighted by Gasteiger charge is 2.39. The van der Waals surface area contributed by atoms with Crippen molar-refractivity contribution in [3.63, 3.8) is 0 Å². The molecule has 2 rings (SSSR count). The van der Waals surface area contributed by atoms with Crippen LogP contribution in [0.15, 0.2) is 0 Å². The zero-order chi connectivity index (χ0) is 12.4. The largest absolute Gasteiger partial charge is 0.383 e. The summed E-state index contributed by atoms with van der Waals surface area (Å²) in [7, 11) is 4.04. The second-order valence-corrected chi connectivity index (χ2v) is 6.24. The molecular formula is C14H28N2O. The first-order valence-corrected chi connectivity index (χ1v) is 7.05. The van der Waals surface area contributed by atoms with E-state index in [-0.39, 0.29) is 0 Å². The summed E-state index contributed by atoms with van der Waals surface area (Å²) in [6.45, 7) is 9.20. The molecule has 0 N–H and O–H groups in total. The van der Waals surface area contributed by atoms with Crippen LogP contribution in [0.25, 0.3) is 0 Å². The van der Waals surface area contributed by atoms with Crippen molar-refractivity contribution in [3.8, 4) is 0 Å². The third-order valence-electron chi connectivity index (χ3n) is 4.65. The van der Waals surface area contributed by atoms with Crippen LogP contribution in [0.3, 0.4) is 0 Å². The number of piperazine rings is 1. The zero-order valence-electron chi connectivity index (χ0n) is 11.9. The lowest BCUT2D eigenvalue weighted by Crippen LogP contribution is -2.60. The second-order valence-electron chi connectivity index (χ2n) is 6.24. The fourth-order valence-corrected chi connectivity index (χ4v) is 3.29. The maximum atomic E-state index is 5.38. The molecule has 1 saturated heterocycles. The Bertz CT molecular complexity index is 238. The molecule has 1 aliphatic heterocycles. The van der Waals surface area contributed by atoms with Gasteiger partial charge < -0.3 is 9.64 Å². The van der Waals surface area contributed by atoms with E-state index in [1.165, 1.54) is 25.9 Å². The van der Waals surface area contributed by atoms with Crippen molar-refractivity contribution in [2.24, 2.45) is 11.8 Å². The first-order valence-electron chi connectivity index (χ1n) is 7.05. The van der Waals surface area contributed by atoms with Crippen molar-refractivity contribution in [1.82, 2.24) is 9.80 Å². The van der Waals surface area contributed by atoms with Gasteiger partial charge in [-0.1, -0.05) is 13.8 Å². The van der Waals surface area contributed by atoms with E-state index in [4.69, 9.17) is 4.74 Å². The molecule has 1 saturated carbocycles. The van der Waals surface area contributed by atoms with Crippen LogP contribution in [-0.4, -0.2) is 62.3 Å². The Morgan fingerprint density at radius 3 is 2.53 bits per heavy atom. The van der Waals surface area contributed by atoms with Gasteiger partial charge in [0.2, 0.25) is 0 Å². The van der Waals surface area contributed by atoms with Crippen LogP contribution < -0.4 is 0 Å². The molecule has 17 heavy (non-hydrogen) atoms. The van der Waals surface area contributed by atoms with E-state index in [0.29, 0.717) is 6.04 Å². The average Bonchev–Trinajstić information content (AvgIpc) is 2.19. The number of methoxy groups -OCH3 is 1. The minimum Gasteiger partial charge on any atom is -0.383 e. The van der Waals surface area contributed by atoms with Crippen molar-refractivity contribution < 1.29 is 4.74 Å². The number of hydrogen-bond donors (Lipinski definition) is 0. The van der Waals surface area contributed by atoms with Crippen molar-refractivity contribution in [3.05, 3.63) is 0 Å². The molecule has 100 valence electrons. The molecule has 3 nitrogen and oxygen atoms in total. The van der Waals surface area contributed by atoms with E-state index in [9.17, 15) is 0 Å². The molecule has 0 aromatic heterocycles. The van der Waals surface area contributed by atoms with Gasteiger partial charge >= 0.3 is 0 Å². The quantitative estimate of drug-likeness (QED) is 0.743. The van der Waals surface area contributed by atoms with Gasteiger partial charge in [0, 0.05) is 38.8 Å². The molecule has 2 aliphatic rings. The molecule has 1 unspecified atom stereocenters. The molecular weight excluding hydrogens is 212 g/mol. The Morgan fingerprint density at radius 1 is 1.24 bits per heavy atom. The molecule has 2 fully saturated rings. The number of hydrogen-bond acceptors (Lipinski definition) is 3. The molecule has 1 heterocycles. The molecule has 0 radical (unpaired) electrons. The van der Waals surface area contributed by atoms with Gasteiger partial charge in [-0.15, -0.1) is 0 Å². The molecule has 0 amide bonds. The summed E-state index contributed by atoms with van der Waals surface area (Å²) >= 11 is 0. The number of rotatable bonds is 4. The molecule has 3 heteroatoms. The van der Waals surface area contributed by atoms with Crippen LogP contribution in [0, 0.1) is 11.8 Å². The lowest BCUT2D eigenvalue weighted by molar-refractivity contribution is -0.0373. The minimum atomic E-state index is 0.608. The maximum absolute atomic E-state index is 5.38. The van der Waals surface area contributed by atoms with E-state index in [2.05, 4.69) is 30.7 Å². The Hall–Kier alpha value is -0.120. The average molecular weight is 240 g/mol. The highest BCUT2D eigenvalue weighted by Crippen LogP contribution is 2.38. The first-order chi connectivity index (χ1) is 8.11. The fourth-order valence-electron chi connectivity index (χ4n) is 3.29. The molecule has 0 aromatic carbocycles. The van der Waals surface area contributed by atoms with Crippen molar-refractivity contribution >= 4 is 0 Å². The number of ether oxygens (including phenoxy) is 1. The summed E-state index contributed by atoms with van der Waals surface area (Å²) in [4.78, 5) is 5.14. The summed E-state index contributed by atoms with van der Waals surface area (Å²) in [5.74, 6) is 1.82. The van der Waals surface area contributed by atoms with Gasteiger partial charge in [0.1, 0.15) is 0 Å². The first kappa shape index (κ1) is 13.3. The van der Waals surface area contributed by atoms with Gasteiger partial charge in [-0.05, 0) is 31.7 Å². The van der Waals surface area contributed by atoms with Crippen molar-refractivity contribution in [2.75, 3.05) is 40.4 Å². The van der Waals surface area contributed by atoms with Crippen LogP contribution in [0.4, 0.5) is 0 Å². The number of nitrogens with zero attached hydrogens (tertiary/aromatic N) is 2. The van der Waals surface area contributed by atoms with Crippen LogP contribution in [0.1, 0.15) is 26.7 Å². The van der Waals surface area contributed by atoms with Gasteiger partial charge in [0.25, 0.3) is 0 Å². The van der Waals surface area contributed by atoms with Gasteiger partial charge in [0.05, 0.1) is 6.61 Å². The van der Waals surface area contributed by atoms with Gasteiger partial charge in [0.15, 0.2) is 0 Å². The van der Waals surface area contributed by atoms with E-state index in [1.807, 2.05) is 7.11 Å². The fraction of sp³-hybridized carbons (Fsp3) is 1.00. The molecule has 0 spiro atoms. The van der Waals surface area contributed by atoms with Gasteiger partial charge in [-0.3, -0.25) is 4.90 Å². The Morgan fingerprint density at radius 2 is 1.94 bits per heavy atom. The Kier molecular flexibility index (Phi) is 4.45. The van der Waals surface area contributed by atoms with E-state index in [1.54, 1.807) is 0 Å². The Labute approximate surface area is 106 Å². The van der Waals surface area contributed by atoms with Crippen LogP contribution in [-0.2, 0) is 4.74 Å². The summed E-state index contributed by atoms with van der Waals surface area (Å²) in [6, 6.07) is 1.44. The standard InChI is InChI=1S/C14H28N2O/c1-11(2)12-7-13(8-12)16-6-5-15(3)9-14(16)10-17-4/h11-14H,5-10H2,1-4H3. The number of likely N-dealkylation sites (N-methyl/N-ethyl adjacent to an activating group) is 1. The second kappa shape index (κ2) is 5.68. The smallest absolute Gasteiger partial charge is 0.0630 e. The van der Waals surface area contributed by atoms with E-state index >= 15 is 0 Å². The summed E-state index contributed by atoms with van der Waals surface area (Å²) in [6.07, 6.45) is 2.81. The molecule has 1 aliphatic carbocycles. The molecule has 0 aromatic rings. The van der Waals surface area contributed by atoms with Crippen molar-refractivity contribution in [2.45, 2.75) is 38.8 Å². The van der Waals surface area contributed by atoms with E-state index < -0.39 is 0 Å². The molecule has 0 bridgehead atoms. The summed E-state index contributed by atoms with van der Waals surface area (Å²) in [5.41, 5.74) is 0. The lowest BCUT2D eigenvalue weighted by Gasteiger charge is -2.51. The summed E-state index contributed by atoms with van der Waals surface area (Å²) in [5, 5.41) is 0. The van der Waals surface area contributed by atoms with Crippen LogP contribution in [0.2, 0.25) is 0 Å². The Balaban J connectivity index is 1.86. The third-order valence-corrected chi connectivity index (χ3v) is 4.65. The normalized spacial score (nSPS) is 36.2. The van der Waals surface area contributed by atoms with Crippen LogP contribution in [0.5, 0.6) is 0 Å². The predicted octanol–water partition coefficient (Wildman–Crippen LogP) is 1.68.